The molecule has 208 valence electrons. The van der Waals surface area contributed by atoms with Gasteiger partial charge in [0.1, 0.15) is 0 Å². The molecule has 2 aromatic rings. The highest BCUT2D eigenvalue weighted by Gasteiger charge is 2.29. The first-order chi connectivity index (χ1) is 18.3. The number of carboxylic acid groups (broad SMARTS) is 1. The number of carbonyl (C=O) groups is 2. The van der Waals surface area contributed by atoms with Crippen LogP contribution in [0.5, 0.6) is 0 Å². The van der Waals surface area contributed by atoms with Crippen LogP contribution >= 0.6 is 0 Å². The van der Waals surface area contributed by atoms with E-state index in [4.69, 9.17) is 9.90 Å². The van der Waals surface area contributed by atoms with Crippen molar-refractivity contribution in [3.63, 3.8) is 0 Å². The van der Waals surface area contributed by atoms with Crippen LogP contribution in [0.3, 0.4) is 0 Å². The molecule has 0 spiro atoms. The van der Waals surface area contributed by atoms with E-state index in [0.717, 1.165) is 24.8 Å². The third-order valence-electron chi connectivity index (χ3n) is 6.47. The molecule has 1 saturated carbocycles. The molecule has 11 heteroatoms. The molecule has 2 atom stereocenters. The fraction of sp³-hybridized carbons (Fsp3) is 0.481. The Balaban J connectivity index is 0.00000127. The zero-order chi connectivity index (χ0) is 27.5. The molecule has 10 nitrogen and oxygen atoms in total. The molecule has 0 radical (unpaired) electrons. The lowest BCUT2D eigenvalue weighted by molar-refractivity contribution is -0.122. The van der Waals surface area contributed by atoms with E-state index in [1.54, 1.807) is 18.2 Å². The smallest absolute Gasteiger partial charge is 0.290 e. The van der Waals surface area contributed by atoms with Gasteiger partial charge in [0.05, 0.1) is 23.6 Å². The van der Waals surface area contributed by atoms with Crippen LogP contribution in [0.25, 0.3) is 0 Å². The van der Waals surface area contributed by atoms with Crippen LogP contribution in [0.1, 0.15) is 48.5 Å². The summed E-state index contributed by atoms with van der Waals surface area (Å²) in [7, 11) is -3.41. The van der Waals surface area contributed by atoms with Gasteiger partial charge < -0.3 is 26.2 Å². The standard InChI is InChI=1S/C26H36N4O4S.CH2O2/c1-2-27-22-15-20(16-23(17-22)30-12-6-7-13-35(30,33)34)26(32)29-24(14-19-8-4-3-5-9-19)25(31)18-28-21-10-11-21;2-1-3/h3-5,8-9,15-17,21,24-25,27-28,31H,2,6-7,10-14,18H2,1H3,(H,29,32);1H,(H,2,3)/t24-,25+;/m0./s1. The molecule has 4 rings (SSSR count). The topological polar surface area (TPSA) is 148 Å². The molecule has 1 aliphatic carbocycles. The normalized spacial score (nSPS) is 17.9. The van der Waals surface area contributed by atoms with Gasteiger partial charge in [0.25, 0.3) is 12.4 Å². The predicted octanol–water partition coefficient (Wildman–Crippen LogP) is 2.20. The van der Waals surface area contributed by atoms with Gasteiger partial charge in [-0.2, -0.15) is 0 Å². The number of hydrogen-bond donors (Lipinski definition) is 5. The number of benzene rings is 2. The van der Waals surface area contributed by atoms with Gasteiger partial charge in [-0.3, -0.25) is 13.9 Å². The Kier molecular flexibility index (Phi) is 10.9. The molecule has 38 heavy (non-hydrogen) atoms. The van der Waals surface area contributed by atoms with Crippen molar-refractivity contribution in [2.24, 2.45) is 0 Å². The van der Waals surface area contributed by atoms with E-state index in [-0.39, 0.29) is 18.1 Å². The van der Waals surface area contributed by atoms with E-state index in [0.29, 0.717) is 55.5 Å². The monoisotopic (exact) mass is 546 g/mol. The Morgan fingerprint density at radius 3 is 2.50 bits per heavy atom. The van der Waals surface area contributed by atoms with Crippen LogP contribution in [-0.4, -0.2) is 74.6 Å². The first kappa shape index (κ1) is 29.4. The third kappa shape index (κ3) is 8.71. The highest BCUT2D eigenvalue weighted by atomic mass is 32.2. The number of hydrogen-bond acceptors (Lipinski definition) is 7. The van der Waals surface area contributed by atoms with Crippen molar-refractivity contribution in [3.05, 3.63) is 59.7 Å². The summed E-state index contributed by atoms with van der Waals surface area (Å²) in [4.78, 5) is 21.8. The Labute approximate surface area is 224 Å². The molecule has 0 aromatic heterocycles. The van der Waals surface area contributed by atoms with Crippen molar-refractivity contribution in [3.8, 4) is 0 Å². The lowest BCUT2D eigenvalue weighted by Gasteiger charge is -2.29. The van der Waals surface area contributed by atoms with Crippen molar-refractivity contribution in [1.82, 2.24) is 10.6 Å². The number of aliphatic hydroxyl groups is 1. The number of amides is 1. The van der Waals surface area contributed by atoms with Gasteiger partial charge in [-0.1, -0.05) is 30.3 Å². The van der Waals surface area contributed by atoms with Gasteiger partial charge in [-0.05, 0) is 62.8 Å². The van der Waals surface area contributed by atoms with E-state index >= 15 is 0 Å². The van der Waals surface area contributed by atoms with Crippen LogP contribution in [0.2, 0.25) is 0 Å². The number of sulfonamides is 1. The van der Waals surface area contributed by atoms with Crippen molar-refractivity contribution in [2.45, 2.75) is 57.2 Å². The number of nitrogens with zero attached hydrogens (tertiary/aromatic N) is 1. The van der Waals surface area contributed by atoms with E-state index in [2.05, 4.69) is 16.0 Å². The third-order valence-corrected chi connectivity index (χ3v) is 8.34. The van der Waals surface area contributed by atoms with E-state index < -0.39 is 22.2 Å². The van der Waals surface area contributed by atoms with Crippen LogP contribution < -0.4 is 20.3 Å². The highest BCUT2D eigenvalue weighted by Crippen LogP contribution is 2.28. The largest absolute Gasteiger partial charge is 0.483 e. The maximum Gasteiger partial charge on any atom is 0.290 e. The summed E-state index contributed by atoms with van der Waals surface area (Å²) in [5, 5.41) is 27.4. The second-order valence-corrected chi connectivity index (χ2v) is 11.5. The zero-order valence-electron chi connectivity index (χ0n) is 21.7. The molecule has 5 N–H and O–H groups in total. The van der Waals surface area contributed by atoms with Crippen LogP contribution in [-0.2, 0) is 21.2 Å². The Bertz CT molecular complexity index is 1160. The molecule has 2 fully saturated rings. The Hall–Kier alpha value is -3.15. The summed E-state index contributed by atoms with van der Waals surface area (Å²) in [6, 6.07) is 14.9. The number of nitrogens with one attached hydrogen (secondary N) is 3. The van der Waals surface area contributed by atoms with Gasteiger partial charge >= 0.3 is 0 Å². The van der Waals surface area contributed by atoms with Crippen molar-refractivity contribution >= 4 is 33.8 Å². The van der Waals surface area contributed by atoms with Crippen molar-refractivity contribution < 1.29 is 28.2 Å². The molecular formula is C27H38N4O6S. The minimum absolute atomic E-state index is 0.110. The molecule has 2 aliphatic rings. The molecular weight excluding hydrogens is 508 g/mol. The molecule has 1 saturated heterocycles. The fourth-order valence-electron chi connectivity index (χ4n) is 4.39. The van der Waals surface area contributed by atoms with Crippen molar-refractivity contribution in [2.75, 3.05) is 35.0 Å². The minimum Gasteiger partial charge on any atom is -0.483 e. The summed E-state index contributed by atoms with van der Waals surface area (Å²) >= 11 is 0. The summed E-state index contributed by atoms with van der Waals surface area (Å²) in [5.74, 6) is -0.230. The fourth-order valence-corrected chi connectivity index (χ4v) is 6.01. The number of aliphatic hydroxyl groups excluding tert-OH is 1. The maximum atomic E-state index is 13.4. The van der Waals surface area contributed by atoms with Crippen LogP contribution in [0, 0.1) is 0 Å². The lowest BCUT2D eigenvalue weighted by atomic mass is 10.00. The van der Waals surface area contributed by atoms with Crippen LogP contribution in [0.15, 0.2) is 48.5 Å². The summed E-state index contributed by atoms with van der Waals surface area (Å²) < 4.78 is 26.8. The Morgan fingerprint density at radius 1 is 1.16 bits per heavy atom. The van der Waals surface area contributed by atoms with E-state index in [1.165, 1.54) is 4.31 Å². The maximum absolute atomic E-state index is 13.4. The first-order valence-corrected chi connectivity index (χ1v) is 14.6. The van der Waals surface area contributed by atoms with Crippen LogP contribution in [0.4, 0.5) is 11.4 Å². The zero-order valence-corrected chi connectivity index (χ0v) is 22.5. The number of rotatable bonds is 11. The minimum atomic E-state index is -3.41. The van der Waals surface area contributed by atoms with E-state index in [1.807, 2.05) is 37.3 Å². The van der Waals surface area contributed by atoms with Crippen molar-refractivity contribution in [1.29, 1.82) is 0 Å². The average molecular weight is 547 g/mol. The quantitative estimate of drug-likeness (QED) is 0.270. The predicted molar refractivity (Wildman–Crippen MR) is 148 cm³/mol. The number of anilines is 2. The second kappa shape index (κ2) is 14.1. The van der Waals surface area contributed by atoms with Gasteiger partial charge in [0, 0.05) is 36.9 Å². The SMILES string of the molecule is CCNc1cc(C(=O)N[C@@H](Cc2ccccc2)[C@H](O)CNC2CC2)cc(N2CCCCS2(=O)=O)c1.O=CO. The first-order valence-electron chi connectivity index (χ1n) is 13.0. The second-order valence-electron chi connectivity index (χ2n) is 9.52. The van der Waals surface area contributed by atoms with Gasteiger partial charge in [0.15, 0.2) is 0 Å². The highest BCUT2D eigenvalue weighted by molar-refractivity contribution is 7.92. The van der Waals surface area contributed by atoms with Gasteiger partial charge in [-0.15, -0.1) is 0 Å². The average Bonchev–Trinajstić information content (AvgIpc) is 3.72. The molecule has 0 unspecified atom stereocenters. The Morgan fingerprint density at radius 2 is 1.87 bits per heavy atom. The molecule has 1 amide bonds. The summed E-state index contributed by atoms with van der Waals surface area (Å²) in [5.41, 5.74) is 2.56. The summed E-state index contributed by atoms with van der Waals surface area (Å²) in [6.07, 6.45) is 3.38. The lowest BCUT2D eigenvalue weighted by Crippen LogP contribution is -2.49. The molecule has 0 bridgehead atoms. The van der Waals surface area contributed by atoms with Gasteiger partial charge in [-0.25, -0.2) is 8.42 Å². The molecule has 1 aliphatic heterocycles. The van der Waals surface area contributed by atoms with E-state index in [9.17, 15) is 18.3 Å². The molecule has 2 aromatic carbocycles. The summed E-state index contributed by atoms with van der Waals surface area (Å²) in [6.45, 7) is 3.14. The van der Waals surface area contributed by atoms with Gasteiger partial charge in [0.2, 0.25) is 10.0 Å². The molecule has 1 heterocycles. The number of carbonyl (C=O) groups excluding carboxylic acids is 1.